The van der Waals surface area contributed by atoms with E-state index in [-0.39, 0.29) is 56.9 Å². The summed E-state index contributed by atoms with van der Waals surface area (Å²) in [4.78, 5) is 0. The van der Waals surface area contributed by atoms with Crippen LogP contribution in [0.1, 0.15) is 27.7 Å². The summed E-state index contributed by atoms with van der Waals surface area (Å²) in [5.74, 6) is 1.96. The molecule has 11 heavy (non-hydrogen) atoms. The molecule has 0 nitrogen and oxygen atoms in total. The number of halogens is 2. The fourth-order valence-corrected chi connectivity index (χ4v) is 5.41. The van der Waals surface area contributed by atoms with Crippen molar-refractivity contribution >= 4 is 34.0 Å². The minimum absolute atomic E-state index is 0. The van der Waals surface area contributed by atoms with Crippen molar-refractivity contribution in [3.63, 3.8) is 0 Å². The minimum atomic E-state index is -0.122. The molecule has 0 unspecified atom stereocenters. The van der Waals surface area contributed by atoms with Crippen LogP contribution < -0.4 is 0 Å². The molecule has 0 aliphatic rings. The van der Waals surface area contributed by atoms with Gasteiger partial charge in [0.15, 0.2) is 0 Å². The van der Waals surface area contributed by atoms with Gasteiger partial charge in [0.1, 0.15) is 0 Å². The first-order valence-corrected chi connectivity index (χ1v) is 8.91. The summed E-state index contributed by atoms with van der Waals surface area (Å²) in [6.45, 7) is 9.36. The van der Waals surface area contributed by atoms with Gasteiger partial charge in [0, 0.05) is 0 Å². The van der Waals surface area contributed by atoms with E-state index in [1.54, 1.807) is 8.35 Å². The molecule has 0 amide bonds. The summed E-state index contributed by atoms with van der Waals surface area (Å²) in [6.07, 6.45) is 0. The van der Waals surface area contributed by atoms with Crippen LogP contribution in [0.15, 0.2) is 0 Å². The van der Waals surface area contributed by atoms with Crippen LogP contribution in [0.2, 0.25) is 8.35 Å². The Morgan fingerprint density at radius 1 is 0.818 bits per heavy atom. The predicted octanol–water partition coefficient (Wildman–Crippen LogP) is 4.37. The van der Waals surface area contributed by atoms with Crippen LogP contribution in [-0.4, -0.2) is 0 Å². The molecule has 0 aromatic rings. The zero-order valence-electron chi connectivity index (χ0n) is 7.89. The van der Waals surface area contributed by atoms with Crippen LogP contribution in [-0.2, 0) is 22.9 Å². The molecule has 0 saturated heterocycles. The molecule has 0 bridgehead atoms. The molecule has 0 spiro atoms. The van der Waals surface area contributed by atoms with Gasteiger partial charge in [-0.25, -0.2) is 0 Å². The number of hydrogen-bond donors (Lipinski definition) is 0. The third kappa shape index (κ3) is 18.6. The summed E-state index contributed by atoms with van der Waals surface area (Å²) >= 11 is -0.122. The second kappa shape index (κ2) is 11.8. The average Bonchev–Trinajstić information content (AvgIpc) is 1.63. The quantitative estimate of drug-likeness (QED) is 0.554. The first-order valence-electron chi connectivity index (χ1n) is 3.83. The van der Waals surface area contributed by atoms with Gasteiger partial charge in [-0.15, -0.1) is 34.0 Å². The monoisotopic (exact) mass is 454 g/mol. The number of rotatable bonds is 4. The molecular formula is C8H20Br2Hf. The summed E-state index contributed by atoms with van der Waals surface area (Å²) < 4.78 is 3.19. The van der Waals surface area contributed by atoms with Crippen molar-refractivity contribution in [2.24, 2.45) is 11.8 Å². The van der Waals surface area contributed by atoms with Gasteiger partial charge in [0.25, 0.3) is 0 Å². The fourth-order valence-electron chi connectivity index (χ4n) is 0.661. The molecule has 0 heterocycles. The normalized spacial score (nSPS) is 8.91. The Balaban J connectivity index is -0.000000320. The van der Waals surface area contributed by atoms with Crippen molar-refractivity contribution in [2.45, 2.75) is 36.0 Å². The Bertz CT molecular complexity index is 57.1. The van der Waals surface area contributed by atoms with Gasteiger partial charge < -0.3 is 0 Å². The van der Waals surface area contributed by atoms with E-state index in [1.807, 2.05) is 0 Å². The molecular weight excluding hydrogens is 434 g/mol. The second-order valence-corrected chi connectivity index (χ2v) is 8.18. The van der Waals surface area contributed by atoms with Crippen LogP contribution in [0.25, 0.3) is 0 Å². The molecule has 0 fully saturated rings. The van der Waals surface area contributed by atoms with Crippen LogP contribution in [0.5, 0.6) is 0 Å². The summed E-state index contributed by atoms with van der Waals surface area (Å²) in [5, 5.41) is 0. The molecule has 0 atom stereocenters. The third-order valence-electron chi connectivity index (χ3n) is 1.11. The first-order chi connectivity index (χ1) is 4.13. The maximum atomic E-state index is 2.34. The molecule has 70 valence electrons. The van der Waals surface area contributed by atoms with Gasteiger partial charge >= 0.3 is 70.8 Å². The predicted molar refractivity (Wildman–Crippen MR) is 59.9 cm³/mol. The van der Waals surface area contributed by atoms with Crippen molar-refractivity contribution < 1.29 is 22.9 Å². The first kappa shape index (κ1) is 18.6. The van der Waals surface area contributed by atoms with Gasteiger partial charge in [-0.2, -0.15) is 0 Å². The molecule has 3 heteroatoms. The summed E-state index contributed by atoms with van der Waals surface area (Å²) in [5.41, 5.74) is 0. The standard InChI is InChI=1S/2C4H9.2BrH.Hf/c2*1-4(2)3;;;/h2*4H,1H2,2-3H3;2*1H;. The molecule has 0 radical (unpaired) electrons. The van der Waals surface area contributed by atoms with Gasteiger partial charge in [-0.1, -0.05) is 0 Å². The van der Waals surface area contributed by atoms with Crippen LogP contribution in [0.3, 0.4) is 0 Å². The van der Waals surface area contributed by atoms with Crippen LogP contribution in [0, 0.1) is 11.8 Å². The van der Waals surface area contributed by atoms with Gasteiger partial charge in [0.2, 0.25) is 0 Å². The van der Waals surface area contributed by atoms with Crippen LogP contribution >= 0.6 is 34.0 Å². The molecule has 0 saturated carbocycles. The molecule has 0 aliphatic heterocycles. The zero-order chi connectivity index (χ0) is 7.28. The zero-order valence-corrected chi connectivity index (χ0v) is 14.9. The van der Waals surface area contributed by atoms with E-state index in [2.05, 4.69) is 27.7 Å². The van der Waals surface area contributed by atoms with E-state index in [0.29, 0.717) is 0 Å². The Labute approximate surface area is 104 Å². The molecule has 0 aromatic carbocycles. The van der Waals surface area contributed by atoms with Crippen LogP contribution in [0.4, 0.5) is 0 Å². The van der Waals surface area contributed by atoms with Crippen molar-refractivity contribution in [1.29, 1.82) is 0 Å². The molecule has 0 rings (SSSR count). The molecule has 0 aliphatic carbocycles. The third-order valence-corrected chi connectivity index (χ3v) is 9.05. The summed E-state index contributed by atoms with van der Waals surface area (Å²) in [6, 6.07) is 0. The Hall–Kier alpha value is 1.83. The Morgan fingerprint density at radius 3 is 1.27 bits per heavy atom. The van der Waals surface area contributed by atoms with E-state index in [4.69, 9.17) is 0 Å². The van der Waals surface area contributed by atoms with E-state index >= 15 is 0 Å². The summed E-state index contributed by atoms with van der Waals surface area (Å²) in [7, 11) is 0. The SMILES string of the molecule is Br.Br.CC(C)[CH2][Hf][CH2]C(C)C. The molecule has 0 N–H and O–H groups in total. The van der Waals surface area contributed by atoms with E-state index in [0.717, 1.165) is 11.8 Å². The van der Waals surface area contributed by atoms with Gasteiger partial charge in [-0.3, -0.25) is 0 Å². The van der Waals surface area contributed by atoms with E-state index in [9.17, 15) is 0 Å². The van der Waals surface area contributed by atoms with E-state index < -0.39 is 0 Å². The maximum absolute atomic E-state index is 2.34. The Morgan fingerprint density at radius 2 is 1.09 bits per heavy atom. The van der Waals surface area contributed by atoms with Gasteiger partial charge in [-0.05, 0) is 0 Å². The van der Waals surface area contributed by atoms with Crippen molar-refractivity contribution in [3.8, 4) is 0 Å². The van der Waals surface area contributed by atoms with Crippen molar-refractivity contribution in [2.75, 3.05) is 0 Å². The van der Waals surface area contributed by atoms with Crippen molar-refractivity contribution in [1.82, 2.24) is 0 Å². The Kier molecular flexibility index (Phi) is 20.0. The average molecular weight is 455 g/mol. The van der Waals surface area contributed by atoms with Crippen molar-refractivity contribution in [3.05, 3.63) is 0 Å². The number of hydrogen-bond acceptors (Lipinski definition) is 0. The van der Waals surface area contributed by atoms with E-state index in [1.165, 1.54) is 0 Å². The van der Waals surface area contributed by atoms with Gasteiger partial charge in [0.05, 0.1) is 0 Å². The second-order valence-electron chi connectivity index (χ2n) is 3.45. The topological polar surface area (TPSA) is 0 Å². The molecule has 0 aromatic heterocycles. The fraction of sp³-hybridized carbons (Fsp3) is 1.00.